The van der Waals surface area contributed by atoms with E-state index in [-0.39, 0.29) is 11.6 Å². The fourth-order valence-corrected chi connectivity index (χ4v) is 3.89. The summed E-state index contributed by atoms with van der Waals surface area (Å²) in [6.45, 7) is 0. The Balaban J connectivity index is 2.00. The smallest absolute Gasteiger partial charge is 0.291 e. The normalized spacial score (nSPS) is 15.4. The van der Waals surface area contributed by atoms with Crippen molar-refractivity contribution in [3.05, 3.63) is 71.0 Å². The average molecular weight is 333 g/mol. The van der Waals surface area contributed by atoms with Gasteiger partial charge in [0.05, 0.1) is 17.4 Å². The minimum Gasteiger partial charge on any atom is -0.392 e. The highest BCUT2D eigenvalue weighted by molar-refractivity contribution is 5.74. The number of hydrogen-bond donors (Lipinski definition) is 1. The maximum absolute atomic E-state index is 13.1. The molecule has 4 rings (SSSR count). The fraction of sp³-hybridized carbons (Fsp3) is 0.286. The monoisotopic (exact) mass is 333 g/mol. The van der Waals surface area contributed by atoms with Crippen LogP contribution in [0.1, 0.15) is 38.1 Å². The standard InChI is InChI=1S/C21H23N3O/c22-19-20(16-10-4-1-5-11-16)23(17-12-6-2-7-13-17)24(21(19)25)18-14-8-3-9-15-18/h1-2,4-7,10-13,18H,3,8-9,14-15,22H2. The van der Waals surface area contributed by atoms with Gasteiger partial charge in [-0.1, -0.05) is 67.8 Å². The van der Waals surface area contributed by atoms with E-state index in [4.69, 9.17) is 5.73 Å². The number of rotatable bonds is 3. The summed E-state index contributed by atoms with van der Waals surface area (Å²) in [5, 5.41) is 0. The predicted molar refractivity (Wildman–Crippen MR) is 102 cm³/mol. The molecular formula is C21H23N3O. The minimum atomic E-state index is -0.0744. The van der Waals surface area contributed by atoms with Gasteiger partial charge in [-0.15, -0.1) is 0 Å². The van der Waals surface area contributed by atoms with Crippen LogP contribution in [0.15, 0.2) is 65.5 Å². The lowest BCUT2D eigenvalue weighted by Crippen LogP contribution is -2.29. The van der Waals surface area contributed by atoms with E-state index < -0.39 is 0 Å². The summed E-state index contributed by atoms with van der Waals surface area (Å²) < 4.78 is 3.93. The van der Waals surface area contributed by atoms with Gasteiger partial charge < -0.3 is 5.73 Å². The number of aromatic nitrogens is 2. The van der Waals surface area contributed by atoms with Crippen LogP contribution < -0.4 is 11.3 Å². The molecule has 1 fully saturated rings. The van der Waals surface area contributed by atoms with Crippen LogP contribution in [-0.2, 0) is 0 Å². The molecule has 1 aliphatic carbocycles. The van der Waals surface area contributed by atoms with Gasteiger partial charge in [0.2, 0.25) is 0 Å². The zero-order valence-electron chi connectivity index (χ0n) is 14.3. The van der Waals surface area contributed by atoms with E-state index in [0.29, 0.717) is 5.69 Å². The third kappa shape index (κ3) is 2.78. The van der Waals surface area contributed by atoms with E-state index >= 15 is 0 Å². The molecular weight excluding hydrogens is 310 g/mol. The first-order chi connectivity index (χ1) is 12.3. The molecule has 0 saturated heterocycles. The fourth-order valence-electron chi connectivity index (χ4n) is 3.89. The van der Waals surface area contributed by atoms with Gasteiger partial charge in [0.25, 0.3) is 5.56 Å². The SMILES string of the molecule is Nc1c(-c2ccccc2)n(-c2ccccc2)n(C2CCCCC2)c1=O. The molecule has 0 radical (unpaired) electrons. The van der Waals surface area contributed by atoms with Crippen LogP contribution in [-0.4, -0.2) is 9.36 Å². The van der Waals surface area contributed by atoms with Crippen molar-refractivity contribution in [2.24, 2.45) is 0 Å². The van der Waals surface area contributed by atoms with Crippen LogP contribution in [0.3, 0.4) is 0 Å². The number of nitrogens with zero attached hydrogens (tertiary/aromatic N) is 2. The van der Waals surface area contributed by atoms with Crippen molar-refractivity contribution in [1.29, 1.82) is 0 Å². The van der Waals surface area contributed by atoms with Gasteiger partial charge in [-0.2, -0.15) is 0 Å². The summed E-state index contributed by atoms with van der Waals surface area (Å²) in [7, 11) is 0. The topological polar surface area (TPSA) is 52.9 Å². The second kappa shape index (κ2) is 6.63. The average Bonchev–Trinajstić information content (AvgIpc) is 2.95. The Labute approximate surface area is 147 Å². The molecule has 128 valence electrons. The van der Waals surface area contributed by atoms with Gasteiger partial charge >= 0.3 is 0 Å². The van der Waals surface area contributed by atoms with Crippen molar-refractivity contribution in [1.82, 2.24) is 9.36 Å². The molecule has 1 aliphatic rings. The van der Waals surface area contributed by atoms with Crippen LogP contribution in [0.5, 0.6) is 0 Å². The summed E-state index contributed by atoms with van der Waals surface area (Å²) in [6.07, 6.45) is 5.64. The van der Waals surface area contributed by atoms with Gasteiger partial charge in [0, 0.05) is 5.56 Å². The molecule has 0 bridgehead atoms. The molecule has 0 amide bonds. The Morgan fingerprint density at radius 2 is 1.44 bits per heavy atom. The van der Waals surface area contributed by atoms with E-state index in [1.807, 2.05) is 70.0 Å². The van der Waals surface area contributed by atoms with Crippen molar-refractivity contribution < 1.29 is 0 Å². The second-order valence-electron chi connectivity index (χ2n) is 6.72. The van der Waals surface area contributed by atoms with E-state index in [9.17, 15) is 4.79 Å². The number of anilines is 1. The molecule has 0 spiro atoms. The summed E-state index contributed by atoms with van der Waals surface area (Å²) in [5.41, 5.74) is 9.32. The molecule has 1 saturated carbocycles. The number of benzene rings is 2. The third-order valence-electron chi connectivity index (χ3n) is 5.09. The highest BCUT2D eigenvalue weighted by Gasteiger charge is 2.26. The lowest BCUT2D eigenvalue weighted by Gasteiger charge is -2.26. The highest BCUT2D eigenvalue weighted by Crippen LogP contribution is 2.33. The molecule has 0 aliphatic heterocycles. The molecule has 3 aromatic rings. The highest BCUT2D eigenvalue weighted by atomic mass is 16.1. The van der Waals surface area contributed by atoms with Crippen LogP contribution in [0, 0.1) is 0 Å². The van der Waals surface area contributed by atoms with Gasteiger partial charge in [-0.25, -0.2) is 9.36 Å². The Morgan fingerprint density at radius 3 is 2.08 bits per heavy atom. The summed E-state index contributed by atoms with van der Waals surface area (Å²) in [4.78, 5) is 13.1. The molecule has 2 aromatic carbocycles. The largest absolute Gasteiger partial charge is 0.392 e. The summed E-state index contributed by atoms with van der Waals surface area (Å²) in [5.74, 6) is 0. The molecule has 1 aromatic heterocycles. The van der Waals surface area contributed by atoms with E-state index in [0.717, 1.165) is 42.6 Å². The van der Waals surface area contributed by atoms with E-state index in [2.05, 4.69) is 0 Å². The lowest BCUT2D eigenvalue weighted by atomic mass is 9.96. The van der Waals surface area contributed by atoms with Crippen molar-refractivity contribution in [3.8, 4) is 16.9 Å². The van der Waals surface area contributed by atoms with Crippen molar-refractivity contribution in [3.63, 3.8) is 0 Å². The number of hydrogen-bond acceptors (Lipinski definition) is 2. The number of nitrogens with two attached hydrogens (primary N) is 1. The van der Waals surface area contributed by atoms with Crippen LogP contribution in [0.4, 0.5) is 5.69 Å². The molecule has 2 N–H and O–H groups in total. The summed E-state index contributed by atoms with van der Waals surface area (Å²) in [6, 6.07) is 20.2. The van der Waals surface area contributed by atoms with Crippen molar-refractivity contribution in [2.45, 2.75) is 38.1 Å². The molecule has 0 unspecified atom stereocenters. The minimum absolute atomic E-state index is 0.0744. The lowest BCUT2D eigenvalue weighted by molar-refractivity contribution is 0.307. The summed E-state index contributed by atoms with van der Waals surface area (Å²) >= 11 is 0. The predicted octanol–water partition coefficient (Wildman–Crippen LogP) is 4.39. The molecule has 25 heavy (non-hydrogen) atoms. The zero-order chi connectivity index (χ0) is 17.2. The number of para-hydroxylation sites is 1. The van der Waals surface area contributed by atoms with E-state index in [1.54, 1.807) is 0 Å². The first-order valence-corrected chi connectivity index (χ1v) is 9.01. The molecule has 4 heteroatoms. The first-order valence-electron chi connectivity index (χ1n) is 9.01. The quantitative estimate of drug-likeness (QED) is 0.772. The van der Waals surface area contributed by atoms with Crippen LogP contribution in [0.2, 0.25) is 0 Å². The molecule has 4 nitrogen and oxygen atoms in total. The zero-order valence-corrected chi connectivity index (χ0v) is 14.3. The Bertz CT molecular complexity index is 904. The van der Waals surface area contributed by atoms with Crippen molar-refractivity contribution in [2.75, 3.05) is 5.73 Å². The van der Waals surface area contributed by atoms with E-state index in [1.165, 1.54) is 6.42 Å². The number of nitrogen functional groups attached to an aromatic ring is 1. The first kappa shape index (κ1) is 15.8. The maximum atomic E-state index is 13.1. The van der Waals surface area contributed by atoms with Gasteiger partial charge in [-0.3, -0.25) is 4.79 Å². The second-order valence-corrected chi connectivity index (χ2v) is 6.72. The van der Waals surface area contributed by atoms with Crippen LogP contribution >= 0.6 is 0 Å². The maximum Gasteiger partial charge on any atom is 0.291 e. The van der Waals surface area contributed by atoms with Crippen LogP contribution in [0.25, 0.3) is 16.9 Å². The van der Waals surface area contributed by atoms with Gasteiger partial charge in [0.15, 0.2) is 0 Å². The third-order valence-corrected chi connectivity index (χ3v) is 5.09. The Kier molecular flexibility index (Phi) is 4.18. The van der Waals surface area contributed by atoms with Crippen molar-refractivity contribution >= 4 is 5.69 Å². The Morgan fingerprint density at radius 1 is 0.840 bits per heavy atom. The molecule has 1 heterocycles. The van der Waals surface area contributed by atoms with Gasteiger partial charge in [-0.05, 0) is 25.0 Å². The Hall–Kier alpha value is -2.75. The van der Waals surface area contributed by atoms with Gasteiger partial charge in [0.1, 0.15) is 5.69 Å². The molecule has 0 atom stereocenters.